The van der Waals surface area contributed by atoms with Crippen LogP contribution < -0.4 is 15.5 Å². The van der Waals surface area contributed by atoms with E-state index in [4.69, 9.17) is 0 Å². The third-order valence-electron chi connectivity index (χ3n) is 4.80. The number of unbranched alkanes of at least 4 members (excludes halogenated alkanes) is 1. The molecule has 1 aliphatic rings. The maximum absolute atomic E-state index is 12.1. The summed E-state index contributed by atoms with van der Waals surface area (Å²) in [5.74, 6) is -0.00194. The van der Waals surface area contributed by atoms with Gasteiger partial charge in [-0.2, -0.15) is 0 Å². The lowest BCUT2D eigenvalue weighted by atomic mass is 10.2. The van der Waals surface area contributed by atoms with Gasteiger partial charge in [0, 0.05) is 49.0 Å². The number of nitrogens with zero attached hydrogens (tertiary/aromatic N) is 2. The number of hydrogen-bond donors (Lipinski definition) is 2. The molecule has 150 valence electrons. The molecule has 2 heterocycles. The lowest BCUT2D eigenvalue weighted by Crippen LogP contribution is -2.52. The number of benzene rings is 1. The van der Waals surface area contributed by atoms with Crippen molar-refractivity contribution in [1.82, 2.24) is 10.2 Å². The van der Waals surface area contributed by atoms with Gasteiger partial charge in [0.1, 0.15) is 0 Å². The second-order valence-electron chi connectivity index (χ2n) is 6.91. The SMILES string of the molecule is CCCCNC(=O)N1CCN(c2ccc(NC(=O)Cc3cccs3)cc2)CC1. The molecule has 0 aliphatic carbocycles. The van der Waals surface area contributed by atoms with Crippen molar-refractivity contribution in [3.8, 4) is 0 Å². The zero-order valence-electron chi connectivity index (χ0n) is 16.3. The Morgan fingerprint density at radius 3 is 2.46 bits per heavy atom. The number of nitrogens with one attached hydrogen (secondary N) is 2. The minimum Gasteiger partial charge on any atom is -0.368 e. The van der Waals surface area contributed by atoms with Gasteiger partial charge >= 0.3 is 6.03 Å². The van der Waals surface area contributed by atoms with Crippen molar-refractivity contribution in [2.45, 2.75) is 26.2 Å². The Morgan fingerprint density at radius 1 is 1.07 bits per heavy atom. The van der Waals surface area contributed by atoms with Crippen molar-refractivity contribution < 1.29 is 9.59 Å². The molecule has 0 radical (unpaired) electrons. The highest BCUT2D eigenvalue weighted by Crippen LogP contribution is 2.20. The number of carbonyl (C=O) groups excluding carboxylic acids is 2. The molecule has 0 bridgehead atoms. The number of anilines is 2. The van der Waals surface area contributed by atoms with Crippen LogP contribution in [0.1, 0.15) is 24.6 Å². The summed E-state index contributed by atoms with van der Waals surface area (Å²) in [4.78, 5) is 29.4. The first-order valence-corrected chi connectivity index (χ1v) is 10.7. The number of urea groups is 1. The summed E-state index contributed by atoms with van der Waals surface area (Å²) in [5.41, 5.74) is 1.92. The molecule has 0 unspecified atom stereocenters. The van der Waals surface area contributed by atoms with Gasteiger partial charge < -0.3 is 20.4 Å². The van der Waals surface area contributed by atoms with E-state index in [1.54, 1.807) is 11.3 Å². The van der Waals surface area contributed by atoms with E-state index in [-0.39, 0.29) is 11.9 Å². The minimum absolute atomic E-state index is 0.00194. The molecule has 28 heavy (non-hydrogen) atoms. The first-order valence-electron chi connectivity index (χ1n) is 9.85. The Bertz CT molecular complexity index is 753. The largest absolute Gasteiger partial charge is 0.368 e. The molecular formula is C21H28N4O2S. The zero-order chi connectivity index (χ0) is 19.8. The highest BCUT2D eigenvalue weighted by Gasteiger charge is 2.20. The molecule has 2 aromatic rings. The molecule has 3 rings (SSSR count). The van der Waals surface area contributed by atoms with Crippen LogP contribution in [0, 0.1) is 0 Å². The van der Waals surface area contributed by atoms with Crippen molar-refractivity contribution >= 4 is 34.6 Å². The molecule has 2 N–H and O–H groups in total. The maximum atomic E-state index is 12.1. The minimum atomic E-state index is -0.00194. The summed E-state index contributed by atoms with van der Waals surface area (Å²) >= 11 is 1.59. The molecule has 0 atom stereocenters. The molecule has 3 amide bonds. The lowest BCUT2D eigenvalue weighted by Gasteiger charge is -2.36. The van der Waals surface area contributed by atoms with E-state index in [1.807, 2.05) is 46.7 Å². The van der Waals surface area contributed by atoms with Crippen LogP contribution in [0.15, 0.2) is 41.8 Å². The molecule has 6 nitrogen and oxygen atoms in total. The highest BCUT2D eigenvalue weighted by atomic mass is 32.1. The Hall–Kier alpha value is -2.54. The Morgan fingerprint density at radius 2 is 1.82 bits per heavy atom. The second-order valence-corrected chi connectivity index (χ2v) is 7.94. The van der Waals surface area contributed by atoms with Crippen LogP contribution in [0.4, 0.5) is 16.2 Å². The summed E-state index contributed by atoms with van der Waals surface area (Å²) in [6, 6.07) is 11.9. The van der Waals surface area contributed by atoms with Crippen LogP contribution in [0.2, 0.25) is 0 Å². The van der Waals surface area contributed by atoms with Crippen molar-refractivity contribution in [3.63, 3.8) is 0 Å². The normalized spacial score (nSPS) is 14.0. The maximum Gasteiger partial charge on any atom is 0.317 e. The smallest absolute Gasteiger partial charge is 0.317 e. The van der Waals surface area contributed by atoms with Gasteiger partial charge in [-0.15, -0.1) is 11.3 Å². The van der Waals surface area contributed by atoms with Gasteiger partial charge in [-0.25, -0.2) is 4.79 Å². The summed E-state index contributed by atoms with van der Waals surface area (Å²) < 4.78 is 0. The van der Waals surface area contributed by atoms with Crippen LogP contribution >= 0.6 is 11.3 Å². The fourth-order valence-corrected chi connectivity index (χ4v) is 3.89. The van der Waals surface area contributed by atoms with Crippen LogP contribution in [0.5, 0.6) is 0 Å². The van der Waals surface area contributed by atoms with Crippen LogP contribution in [-0.4, -0.2) is 49.6 Å². The predicted octanol–water partition coefficient (Wildman–Crippen LogP) is 3.56. The van der Waals surface area contributed by atoms with Crippen LogP contribution in [0.25, 0.3) is 0 Å². The molecule has 1 aliphatic heterocycles. The van der Waals surface area contributed by atoms with Gasteiger partial charge in [0.05, 0.1) is 6.42 Å². The molecule has 0 saturated carbocycles. The van der Waals surface area contributed by atoms with E-state index in [0.717, 1.165) is 61.8 Å². The standard InChI is InChI=1S/C21H28N4O2S/c1-2-3-10-22-21(27)25-13-11-24(12-14-25)18-8-6-17(7-9-18)23-20(26)16-19-5-4-15-28-19/h4-9,15H,2-3,10-14,16H2,1H3,(H,22,27)(H,23,26). The fourth-order valence-electron chi connectivity index (χ4n) is 3.18. The van der Waals surface area contributed by atoms with Crippen molar-refractivity contribution in [1.29, 1.82) is 0 Å². The third kappa shape index (κ3) is 5.73. The first-order chi connectivity index (χ1) is 13.7. The Kier molecular flexibility index (Phi) is 7.31. The van der Waals surface area contributed by atoms with E-state index >= 15 is 0 Å². The molecular weight excluding hydrogens is 372 g/mol. The molecule has 1 aromatic heterocycles. The number of piperazine rings is 1. The Labute approximate surface area is 170 Å². The average molecular weight is 401 g/mol. The average Bonchev–Trinajstić information content (AvgIpc) is 3.21. The summed E-state index contributed by atoms with van der Waals surface area (Å²) in [7, 11) is 0. The van der Waals surface area contributed by atoms with Crippen molar-refractivity contribution in [3.05, 3.63) is 46.7 Å². The van der Waals surface area contributed by atoms with Gasteiger partial charge in [-0.05, 0) is 42.1 Å². The number of thiophene rings is 1. The van der Waals surface area contributed by atoms with Gasteiger partial charge in [-0.1, -0.05) is 19.4 Å². The van der Waals surface area contributed by atoms with Gasteiger partial charge in [0.25, 0.3) is 0 Å². The number of carbonyl (C=O) groups is 2. The zero-order valence-corrected chi connectivity index (χ0v) is 17.1. The highest BCUT2D eigenvalue weighted by molar-refractivity contribution is 7.10. The van der Waals surface area contributed by atoms with Crippen molar-refractivity contribution in [2.24, 2.45) is 0 Å². The topological polar surface area (TPSA) is 64.7 Å². The molecule has 1 fully saturated rings. The van der Waals surface area contributed by atoms with E-state index in [2.05, 4.69) is 22.5 Å². The van der Waals surface area contributed by atoms with E-state index < -0.39 is 0 Å². The van der Waals surface area contributed by atoms with Crippen molar-refractivity contribution in [2.75, 3.05) is 42.9 Å². The molecule has 1 aromatic carbocycles. The quantitative estimate of drug-likeness (QED) is 0.699. The van der Waals surface area contributed by atoms with E-state index in [9.17, 15) is 9.59 Å². The summed E-state index contributed by atoms with van der Waals surface area (Å²) in [5, 5.41) is 7.90. The number of hydrogen-bond acceptors (Lipinski definition) is 4. The van der Waals surface area contributed by atoms with Gasteiger partial charge in [0.2, 0.25) is 5.91 Å². The van der Waals surface area contributed by atoms with Gasteiger partial charge in [-0.3, -0.25) is 4.79 Å². The molecule has 0 spiro atoms. The van der Waals surface area contributed by atoms with E-state index in [1.165, 1.54) is 0 Å². The molecule has 1 saturated heterocycles. The monoisotopic (exact) mass is 400 g/mol. The lowest BCUT2D eigenvalue weighted by molar-refractivity contribution is -0.115. The molecule has 7 heteroatoms. The third-order valence-corrected chi connectivity index (χ3v) is 5.68. The fraction of sp³-hybridized carbons (Fsp3) is 0.429. The summed E-state index contributed by atoms with van der Waals surface area (Å²) in [6.07, 6.45) is 2.50. The van der Waals surface area contributed by atoms with Crippen LogP contribution in [0.3, 0.4) is 0 Å². The first kappa shape index (κ1) is 20.2. The van der Waals surface area contributed by atoms with Crippen LogP contribution in [-0.2, 0) is 11.2 Å². The second kappa shape index (κ2) is 10.1. The van der Waals surface area contributed by atoms with Gasteiger partial charge in [0.15, 0.2) is 0 Å². The predicted molar refractivity (Wildman–Crippen MR) is 115 cm³/mol. The Balaban J connectivity index is 1.45. The number of rotatable bonds is 7. The summed E-state index contributed by atoms with van der Waals surface area (Å²) in [6.45, 7) is 5.92. The number of amides is 3. The van der Waals surface area contributed by atoms with E-state index in [0.29, 0.717) is 6.42 Å².